The maximum atomic E-state index is 4.85. The van der Waals surface area contributed by atoms with Crippen LogP contribution in [-0.4, -0.2) is 4.20 Å². The van der Waals surface area contributed by atoms with E-state index in [1.807, 2.05) is 0 Å². The van der Waals surface area contributed by atoms with Gasteiger partial charge in [0.05, 0.1) is 4.20 Å². The molecule has 0 spiro atoms. The quantitative estimate of drug-likeness (QED) is 0.435. The third-order valence-electron chi connectivity index (χ3n) is 1.32. The molecule has 0 fully saturated rings. The molecule has 44 valence electrons. The highest BCUT2D eigenvalue weighted by molar-refractivity contribution is 8.11. The van der Waals surface area contributed by atoms with Gasteiger partial charge in [0, 0.05) is 0 Å². The van der Waals surface area contributed by atoms with Gasteiger partial charge < -0.3 is 0 Å². The molecule has 0 aromatic rings. The number of thiol groups is 1. The zero-order chi connectivity index (χ0) is 5.98. The molecule has 1 aliphatic carbocycles. The highest BCUT2D eigenvalue weighted by atomic mass is 32.1. The lowest BCUT2D eigenvalue weighted by atomic mass is 10.3. The molecule has 8 heavy (non-hydrogen) atoms. The van der Waals surface area contributed by atoms with Crippen LogP contribution in [0.2, 0.25) is 0 Å². The molecule has 0 N–H and O–H groups in total. The Morgan fingerprint density at radius 1 is 1.75 bits per heavy atom. The van der Waals surface area contributed by atoms with Gasteiger partial charge in [-0.15, -0.1) is 12.6 Å². The van der Waals surface area contributed by atoms with Crippen LogP contribution in [-0.2, 0) is 0 Å². The summed E-state index contributed by atoms with van der Waals surface area (Å²) in [5, 5.41) is 0. The maximum Gasteiger partial charge on any atom is 0.0704 e. The van der Waals surface area contributed by atoms with Gasteiger partial charge in [-0.2, -0.15) is 0 Å². The lowest BCUT2D eigenvalue weighted by Crippen LogP contribution is -1.83. The standard InChI is InChI=1S/C6H8S2/c7-6(8)5-3-1-2-4-5/h3H,1-2,4H2,(H,7,8). The molecule has 0 saturated carbocycles. The fourth-order valence-corrected chi connectivity index (χ4v) is 1.25. The van der Waals surface area contributed by atoms with Gasteiger partial charge in [0.25, 0.3) is 0 Å². The SMILES string of the molecule is S=C(S)C1=CCCC1. The van der Waals surface area contributed by atoms with Crippen LogP contribution in [0.3, 0.4) is 0 Å². The Hall–Kier alpha value is 0.180. The summed E-state index contributed by atoms with van der Waals surface area (Å²) in [5.74, 6) is 0. The van der Waals surface area contributed by atoms with Gasteiger partial charge in [-0.3, -0.25) is 0 Å². The van der Waals surface area contributed by atoms with Gasteiger partial charge in [0.1, 0.15) is 0 Å². The van der Waals surface area contributed by atoms with Crippen molar-refractivity contribution in [1.29, 1.82) is 0 Å². The Kier molecular flexibility index (Phi) is 2.08. The Balaban J connectivity index is 2.57. The Morgan fingerprint density at radius 2 is 2.50 bits per heavy atom. The van der Waals surface area contributed by atoms with E-state index in [9.17, 15) is 0 Å². The smallest absolute Gasteiger partial charge is 0.0704 e. The number of rotatable bonds is 1. The van der Waals surface area contributed by atoms with Crippen molar-refractivity contribution in [3.05, 3.63) is 11.6 Å². The molecule has 0 aromatic heterocycles. The van der Waals surface area contributed by atoms with Crippen molar-refractivity contribution in [1.82, 2.24) is 0 Å². The van der Waals surface area contributed by atoms with Crippen LogP contribution in [0.15, 0.2) is 11.6 Å². The summed E-state index contributed by atoms with van der Waals surface area (Å²) in [6.07, 6.45) is 5.77. The Labute approximate surface area is 60.4 Å². The molecule has 0 atom stereocenters. The van der Waals surface area contributed by atoms with Crippen molar-refractivity contribution in [2.75, 3.05) is 0 Å². The first-order valence-electron chi connectivity index (χ1n) is 2.73. The second kappa shape index (κ2) is 2.65. The molecule has 0 saturated heterocycles. The fraction of sp³-hybridized carbons (Fsp3) is 0.500. The van der Waals surface area contributed by atoms with Gasteiger partial charge in [-0.25, -0.2) is 0 Å². The minimum atomic E-state index is 0.780. The molecule has 2 heteroatoms. The van der Waals surface area contributed by atoms with E-state index in [1.165, 1.54) is 18.4 Å². The largest absolute Gasteiger partial charge is 0.132 e. The van der Waals surface area contributed by atoms with E-state index in [1.54, 1.807) is 0 Å². The van der Waals surface area contributed by atoms with Crippen LogP contribution >= 0.6 is 24.8 Å². The van der Waals surface area contributed by atoms with Crippen molar-refractivity contribution in [2.24, 2.45) is 0 Å². The number of thiocarbonyl (C=S) groups is 1. The minimum Gasteiger partial charge on any atom is -0.132 e. The molecule has 1 aliphatic rings. The van der Waals surface area contributed by atoms with E-state index >= 15 is 0 Å². The van der Waals surface area contributed by atoms with Gasteiger partial charge in [0.2, 0.25) is 0 Å². The topological polar surface area (TPSA) is 0 Å². The van der Waals surface area contributed by atoms with Crippen LogP contribution < -0.4 is 0 Å². The maximum absolute atomic E-state index is 4.85. The highest BCUT2D eigenvalue weighted by Crippen LogP contribution is 2.19. The zero-order valence-electron chi connectivity index (χ0n) is 4.55. The number of allylic oxidation sites excluding steroid dienone is 1. The second-order valence-corrected chi connectivity index (χ2v) is 3.08. The van der Waals surface area contributed by atoms with Gasteiger partial charge >= 0.3 is 0 Å². The normalized spacial score (nSPS) is 18.4. The summed E-state index contributed by atoms with van der Waals surface area (Å²) >= 11 is 8.91. The molecule has 0 heterocycles. The van der Waals surface area contributed by atoms with E-state index in [2.05, 4.69) is 18.7 Å². The number of hydrogen-bond donors (Lipinski definition) is 1. The predicted molar refractivity (Wildman–Crippen MR) is 43.5 cm³/mol. The molecule has 0 aliphatic heterocycles. The highest BCUT2D eigenvalue weighted by Gasteiger charge is 2.04. The lowest BCUT2D eigenvalue weighted by molar-refractivity contribution is 0.922. The summed E-state index contributed by atoms with van der Waals surface area (Å²) in [4.78, 5) is 0. The first kappa shape index (κ1) is 6.30. The summed E-state index contributed by atoms with van der Waals surface area (Å²) < 4.78 is 0.780. The molecule has 0 amide bonds. The summed E-state index contributed by atoms with van der Waals surface area (Å²) in [6.45, 7) is 0. The van der Waals surface area contributed by atoms with Gasteiger partial charge in [0.15, 0.2) is 0 Å². The monoisotopic (exact) mass is 144 g/mol. The molecule has 0 unspecified atom stereocenters. The fourth-order valence-electron chi connectivity index (χ4n) is 0.865. The molecule has 0 radical (unpaired) electrons. The first-order chi connectivity index (χ1) is 3.80. The van der Waals surface area contributed by atoms with E-state index in [4.69, 9.17) is 12.2 Å². The minimum absolute atomic E-state index is 0.780. The molecule has 0 bridgehead atoms. The van der Waals surface area contributed by atoms with Crippen molar-refractivity contribution in [3.8, 4) is 0 Å². The summed E-state index contributed by atoms with van der Waals surface area (Å²) in [6, 6.07) is 0. The van der Waals surface area contributed by atoms with Crippen LogP contribution in [0.1, 0.15) is 19.3 Å². The van der Waals surface area contributed by atoms with Gasteiger partial charge in [-0.1, -0.05) is 18.3 Å². The van der Waals surface area contributed by atoms with Crippen LogP contribution in [0, 0.1) is 0 Å². The molecule has 1 rings (SSSR count). The molecular formula is C6H8S2. The van der Waals surface area contributed by atoms with Crippen LogP contribution in [0.5, 0.6) is 0 Å². The molecular weight excluding hydrogens is 136 g/mol. The second-order valence-electron chi connectivity index (χ2n) is 1.93. The first-order valence-corrected chi connectivity index (χ1v) is 3.58. The average Bonchev–Trinajstić information content (AvgIpc) is 2.12. The van der Waals surface area contributed by atoms with Crippen molar-refractivity contribution in [2.45, 2.75) is 19.3 Å². The molecule has 0 aromatic carbocycles. The Morgan fingerprint density at radius 3 is 2.75 bits per heavy atom. The van der Waals surface area contributed by atoms with E-state index in [-0.39, 0.29) is 0 Å². The van der Waals surface area contributed by atoms with E-state index in [0.717, 1.165) is 10.6 Å². The van der Waals surface area contributed by atoms with E-state index < -0.39 is 0 Å². The summed E-state index contributed by atoms with van der Waals surface area (Å²) in [7, 11) is 0. The number of hydrogen-bond acceptors (Lipinski definition) is 1. The van der Waals surface area contributed by atoms with Crippen molar-refractivity contribution in [3.63, 3.8) is 0 Å². The van der Waals surface area contributed by atoms with Crippen LogP contribution in [0.25, 0.3) is 0 Å². The zero-order valence-corrected chi connectivity index (χ0v) is 6.27. The summed E-state index contributed by atoms with van der Waals surface area (Å²) in [5.41, 5.74) is 1.27. The Bertz CT molecular complexity index is 135. The van der Waals surface area contributed by atoms with Gasteiger partial charge in [-0.05, 0) is 24.8 Å². The predicted octanol–water partition coefficient (Wildman–Crippen LogP) is 2.35. The third kappa shape index (κ3) is 1.33. The van der Waals surface area contributed by atoms with Crippen molar-refractivity contribution < 1.29 is 0 Å². The van der Waals surface area contributed by atoms with E-state index in [0.29, 0.717) is 0 Å². The van der Waals surface area contributed by atoms with Crippen LogP contribution in [0.4, 0.5) is 0 Å². The molecule has 0 nitrogen and oxygen atoms in total. The van der Waals surface area contributed by atoms with Crippen molar-refractivity contribution >= 4 is 29.0 Å². The average molecular weight is 144 g/mol. The third-order valence-corrected chi connectivity index (χ3v) is 1.87. The lowest BCUT2D eigenvalue weighted by Gasteiger charge is -1.91.